The predicted octanol–water partition coefficient (Wildman–Crippen LogP) is 1.85. The molecule has 0 saturated carbocycles. The van der Waals surface area contributed by atoms with Crippen LogP contribution in [-0.4, -0.2) is 18.5 Å². The van der Waals surface area contributed by atoms with Crippen molar-refractivity contribution in [2.24, 2.45) is 5.92 Å². The van der Waals surface area contributed by atoms with E-state index in [0.29, 0.717) is 0 Å². The van der Waals surface area contributed by atoms with Gasteiger partial charge in [0.1, 0.15) is 11.7 Å². The maximum absolute atomic E-state index is 12.9. The van der Waals surface area contributed by atoms with Crippen molar-refractivity contribution in [2.75, 3.05) is 6.61 Å². The number of hydrogen-bond acceptors (Lipinski definition) is 3. The van der Waals surface area contributed by atoms with Crippen molar-refractivity contribution in [3.8, 4) is 0 Å². The van der Waals surface area contributed by atoms with E-state index in [9.17, 15) is 14.0 Å². The fourth-order valence-electron chi connectivity index (χ4n) is 0.933. The Hall–Kier alpha value is -1.91. The average Bonchev–Trinajstić information content (AvgIpc) is 2.27. The van der Waals surface area contributed by atoms with Gasteiger partial charge in [-0.25, -0.2) is 4.39 Å². The van der Waals surface area contributed by atoms with E-state index in [2.05, 4.69) is 23.2 Å². The van der Waals surface area contributed by atoms with E-state index in [4.69, 9.17) is 0 Å². The molecule has 0 aromatic heterocycles. The fourth-order valence-corrected chi connectivity index (χ4v) is 0.933. The Bertz CT molecular complexity index is 361. The summed E-state index contributed by atoms with van der Waals surface area (Å²) in [4.78, 5) is 22.8. The standard InChI is InChI=1S/C12H16FNO3/c1-5-7-10(9(4)13)14-11(15)8(3)12(16)17-6-2/h5,7-8H,1,4,6H2,2-3H3,(H,14,15)/b10-7+. The van der Waals surface area contributed by atoms with Crippen molar-refractivity contribution in [1.29, 1.82) is 0 Å². The molecule has 0 radical (unpaired) electrons. The molecule has 0 aromatic rings. The Kier molecular flexibility index (Phi) is 6.55. The zero-order chi connectivity index (χ0) is 13.4. The van der Waals surface area contributed by atoms with Gasteiger partial charge in [0.05, 0.1) is 12.3 Å². The third-order valence-electron chi connectivity index (χ3n) is 1.87. The topological polar surface area (TPSA) is 55.4 Å². The van der Waals surface area contributed by atoms with Crippen LogP contribution in [0.4, 0.5) is 4.39 Å². The molecular weight excluding hydrogens is 225 g/mol. The molecule has 0 saturated heterocycles. The van der Waals surface area contributed by atoms with Crippen LogP contribution < -0.4 is 5.32 Å². The minimum Gasteiger partial charge on any atom is -0.465 e. The summed E-state index contributed by atoms with van der Waals surface area (Å²) in [5.41, 5.74) is -0.124. The highest BCUT2D eigenvalue weighted by Crippen LogP contribution is 2.08. The van der Waals surface area contributed by atoms with Crippen LogP contribution in [0.25, 0.3) is 0 Å². The smallest absolute Gasteiger partial charge is 0.318 e. The van der Waals surface area contributed by atoms with Crippen molar-refractivity contribution < 1.29 is 18.7 Å². The van der Waals surface area contributed by atoms with Gasteiger partial charge >= 0.3 is 5.97 Å². The van der Waals surface area contributed by atoms with E-state index in [1.807, 2.05) is 0 Å². The minimum absolute atomic E-state index is 0.124. The number of carbonyl (C=O) groups excluding carboxylic acids is 2. The van der Waals surface area contributed by atoms with E-state index in [0.717, 1.165) is 0 Å². The third kappa shape index (κ3) is 5.10. The van der Waals surface area contributed by atoms with Crippen LogP contribution in [0.2, 0.25) is 0 Å². The van der Waals surface area contributed by atoms with Crippen LogP contribution in [0.1, 0.15) is 13.8 Å². The molecule has 0 heterocycles. The Morgan fingerprint density at radius 3 is 2.53 bits per heavy atom. The maximum Gasteiger partial charge on any atom is 0.318 e. The van der Waals surface area contributed by atoms with Gasteiger partial charge in [0.15, 0.2) is 0 Å². The zero-order valence-electron chi connectivity index (χ0n) is 9.96. The van der Waals surface area contributed by atoms with E-state index in [-0.39, 0.29) is 12.3 Å². The van der Waals surface area contributed by atoms with Crippen molar-refractivity contribution in [1.82, 2.24) is 5.32 Å². The number of amides is 1. The van der Waals surface area contributed by atoms with Gasteiger partial charge in [0.25, 0.3) is 0 Å². The summed E-state index contributed by atoms with van der Waals surface area (Å²) in [6.07, 6.45) is 2.55. The molecule has 1 unspecified atom stereocenters. The first-order chi connectivity index (χ1) is 7.93. The van der Waals surface area contributed by atoms with Gasteiger partial charge in [-0.05, 0) is 19.9 Å². The summed E-state index contributed by atoms with van der Waals surface area (Å²) < 4.78 is 17.6. The first kappa shape index (κ1) is 15.1. The number of nitrogens with one attached hydrogen (secondary N) is 1. The number of allylic oxidation sites excluding steroid dienone is 3. The summed E-state index contributed by atoms with van der Waals surface area (Å²) in [6.45, 7) is 9.62. The number of ether oxygens (including phenoxy) is 1. The molecule has 1 amide bonds. The number of esters is 1. The Labute approximate surface area is 99.8 Å². The molecule has 1 N–H and O–H groups in total. The molecule has 0 rings (SSSR count). The van der Waals surface area contributed by atoms with Gasteiger partial charge in [0.2, 0.25) is 5.91 Å². The second-order valence-corrected chi connectivity index (χ2v) is 3.18. The fraction of sp³-hybridized carbons (Fsp3) is 0.333. The molecule has 94 valence electrons. The van der Waals surface area contributed by atoms with Gasteiger partial charge in [0, 0.05) is 0 Å². The Morgan fingerprint density at radius 1 is 1.53 bits per heavy atom. The van der Waals surface area contributed by atoms with Gasteiger partial charge in [-0.1, -0.05) is 19.2 Å². The lowest BCUT2D eigenvalue weighted by Gasteiger charge is -2.12. The highest BCUT2D eigenvalue weighted by Gasteiger charge is 2.23. The number of halogens is 1. The number of hydrogen-bond donors (Lipinski definition) is 1. The van der Waals surface area contributed by atoms with Gasteiger partial charge in [-0.3, -0.25) is 9.59 Å². The maximum atomic E-state index is 12.9. The summed E-state index contributed by atoms with van der Waals surface area (Å²) in [7, 11) is 0. The first-order valence-corrected chi connectivity index (χ1v) is 5.09. The highest BCUT2D eigenvalue weighted by molar-refractivity contribution is 5.98. The van der Waals surface area contributed by atoms with Crippen molar-refractivity contribution in [2.45, 2.75) is 13.8 Å². The number of rotatable bonds is 6. The highest BCUT2D eigenvalue weighted by atomic mass is 19.1. The SMILES string of the molecule is C=C/C=C(/NC(=O)C(C)C(=O)OCC)C(=C)F. The Morgan fingerprint density at radius 2 is 2.12 bits per heavy atom. The third-order valence-corrected chi connectivity index (χ3v) is 1.87. The van der Waals surface area contributed by atoms with Crippen molar-refractivity contribution >= 4 is 11.9 Å². The second kappa shape index (κ2) is 7.38. The van der Waals surface area contributed by atoms with E-state index in [1.165, 1.54) is 19.1 Å². The quantitative estimate of drug-likeness (QED) is 0.438. The number of carbonyl (C=O) groups is 2. The van der Waals surface area contributed by atoms with Crippen LogP contribution in [0.15, 0.2) is 36.8 Å². The average molecular weight is 241 g/mol. The molecule has 0 aliphatic rings. The van der Waals surface area contributed by atoms with E-state index >= 15 is 0 Å². The van der Waals surface area contributed by atoms with Gasteiger partial charge < -0.3 is 10.1 Å². The van der Waals surface area contributed by atoms with Crippen LogP contribution in [0.3, 0.4) is 0 Å². The minimum atomic E-state index is -1.01. The second-order valence-electron chi connectivity index (χ2n) is 3.18. The molecule has 1 atom stereocenters. The molecule has 0 spiro atoms. The first-order valence-electron chi connectivity index (χ1n) is 5.09. The molecule has 0 bridgehead atoms. The lowest BCUT2D eigenvalue weighted by molar-refractivity contribution is -0.151. The van der Waals surface area contributed by atoms with Gasteiger partial charge in [-0.2, -0.15) is 0 Å². The van der Waals surface area contributed by atoms with Crippen molar-refractivity contribution in [3.05, 3.63) is 36.8 Å². The van der Waals surface area contributed by atoms with Crippen LogP contribution >= 0.6 is 0 Å². The largest absolute Gasteiger partial charge is 0.465 e. The van der Waals surface area contributed by atoms with E-state index < -0.39 is 23.6 Å². The van der Waals surface area contributed by atoms with Crippen LogP contribution in [0, 0.1) is 5.92 Å². The molecule has 17 heavy (non-hydrogen) atoms. The monoisotopic (exact) mass is 241 g/mol. The molecule has 0 aliphatic carbocycles. The lowest BCUT2D eigenvalue weighted by atomic mass is 10.1. The van der Waals surface area contributed by atoms with Crippen molar-refractivity contribution in [3.63, 3.8) is 0 Å². The summed E-state index contributed by atoms with van der Waals surface area (Å²) in [5.74, 6) is -3.14. The normalized spacial score (nSPS) is 12.5. The van der Waals surface area contributed by atoms with Gasteiger partial charge in [-0.15, -0.1) is 0 Å². The Balaban J connectivity index is 4.62. The van der Waals surface area contributed by atoms with Crippen LogP contribution in [0.5, 0.6) is 0 Å². The lowest BCUT2D eigenvalue weighted by Crippen LogP contribution is -2.34. The predicted molar refractivity (Wildman–Crippen MR) is 62.5 cm³/mol. The van der Waals surface area contributed by atoms with Crippen LogP contribution in [-0.2, 0) is 14.3 Å². The molecule has 5 heteroatoms. The van der Waals surface area contributed by atoms with E-state index in [1.54, 1.807) is 6.92 Å². The zero-order valence-corrected chi connectivity index (χ0v) is 9.96. The summed E-state index contributed by atoms with van der Waals surface area (Å²) in [5, 5.41) is 2.23. The molecule has 4 nitrogen and oxygen atoms in total. The molecule has 0 aliphatic heterocycles. The molecule has 0 aromatic carbocycles. The summed E-state index contributed by atoms with van der Waals surface area (Å²) in [6, 6.07) is 0. The molecule has 0 fully saturated rings. The molecular formula is C12H16FNO3. The summed E-state index contributed by atoms with van der Waals surface area (Å²) >= 11 is 0.